The number of ether oxygens (including phenoxy) is 2. The minimum Gasteiger partial charge on any atom is -0.493 e. The molecule has 3 aliphatic rings. The molecular formula is C38H49N7O6. The number of hydrogen-bond acceptors (Lipinski definition) is 8. The van der Waals surface area contributed by atoms with Crippen LogP contribution in [-0.4, -0.2) is 101 Å². The molecule has 0 spiro atoms. The van der Waals surface area contributed by atoms with Crippen molar-refractivity contribution in [2.45, 2.75) is 52.6 Å². The van der Waals surface area contributed by atoms with E-state index in [0.29, 0.717) is 42.3 Å². The van der Waals surface area contributed by atoms with Crippen molar-refractivity contribution >= 4 is 29.3 Å². The predicted octanol–water partition coefficient (Wildman–Crippen LogP) is 3.91. The van der Waals surface area contributed by atoms with Crippen LogP contribution in [0, 0.1) is 17.8 Å². The van der Waals surface area contributed by atoms with Crippen LogP contribution in [0.2, 0.25) is 0 Å². The summed E-state index contributed by atoms with van der Waals surface area (Å²) < 4.78 is 13.0. The largest absolute Gasteiger partial charge is 0.493 e. The number of fused-ring (bicyclic) bond motifs is 2. The second-order valence-corrected chi connectivity index (χ2v) is 13.4. The molecule has 2 saturated heterocycles. The second-order valence-electron chi connectivity index (χ2n) is 13.4. The molecule has 2 fully saturated rings. The van der Waals surface area contributed by atoms with Gasteiger partial charge in [-0.15, -0.1) is 0 Å². The molecule has 6 rings (SSSR count). The topological polar surface area (TPSA) is 147 Å². The van der Waals surface area contributed by atoms with Crippen molar-refractivity contribution < 1.29 is 28.7 Å². The van der Waals surface area contributed by atoms with E-state index in [1.54, 1.807) is 62.8 Å². The fraction of sp³-hybridized carbons (Fsp3) is 0.474. The quantitative estimate of drug-likeness (QED) is 0.324. The Kier molecular flexibility index (Phi) is 12.5. The number of allylic oxidation sites excluding steroid dienone is 4. The van der Waals surface area contributed by atoms with E-state index >= 15 is 0 Å². The maximum Gasteiger partial charge on any atom is 0.274 e. The van der Waals surface area contributed by atoms with Gasteiger partial charge in [-0.2, -0.15) is 0 Å². The number of piperidine rings is 1. The third-order valence-corrected chi connectivity index (χ3v) is 9.42. The first-order chi connectivity index (χ1) is 24.6. The van der Waals surface area contributed by atoms with Crippen LogP contribution < -0.4 is 20.1 Å². The first-order valence-corrected chi connectivity index (χ1v) is 17.7. The van der Waals surface area contributed by atoms with Crippen LogP contribution in [-0.2, 0) is 9.59 Å². The number of benzene rings is 1. The van der Waals surface area contributed by atoms with Crippen LogP contribution >= 0.6 is 0 Å². The second kappa shape index (κ2) is 17.1. The summed E-state index contributed by atoms with van der Waals surface area (Å²) in [7, 11) is 3.02. The van der Waals surface area contributed by atoms with Crippen LogP contribution in [0.4, 0.5) is 0 Å². The molecule has 2 N–H and O–H groups in total. The van der Waals surface area contributed by atoms with Crippen molar-refractivity contribution in [3.05, 3.63) is 78.0 Å². The van der Waals surface area contributed by atoms with Gasteiger partial charge >= 0.3 is 0 Å². The number of carbonyl (C=O) groups is 4. The number of amides is 4. The number of nitrogens with one attached hydrogen (secondary N) is 2. The highest BCUT2D eigenvalue weighted by Crippen LogP contribution is 2.37. The number of hydrogen-bond donors (Lipinski definition) is 2. The van der Waals surface area contributed by atoms with Gasteiger partial charge < -0.3 is 34.3 Å². The number of carbonyl (C=O) groups excluding carboxylic acids is 4. The van der Waals surface area contributed by atoms with Crippen molar-refractivity contribution in [1.82, 2.24) is 34.8 Å². The lowest BCUT2D eigenvalue weighted by atomic mass is 9.79. The van der Waals surface area contributed by atoms with Gasteiger partial charge in [-0.3, -0.25) is 24.2 Å². The molecule has 272 valence electrons. The van der Waals surface area contributed by atoms with Gasteiger partial charge in [0.25, 0.3) is 11.8 Å². The van der Waals surface area contributed by atoms with E-state index in [9.17, 15) is 19.2 Å². The first-order valence-electron chi connectivity index (χ1n) is 17.7. The number of imidazole rings is 1. The zero-order valence-corrected chi connectivity index (χ0v) is 30.1. The summed E-state index contributed by atoms with van der Waals surface area (Å²) in [6.45, 7) is 7.09. The average Bonchev–Trinajstić information content (AvgIpc) is 3.78. The molecule has 1 aliphatic carbocycles. The SMILES string of the molecule is CCCC1=CC=CCC1.CNC(=O)CNC(=O)C1CN(C(=O)c2cn3ccncc3n2)CC2CN(C(=O)c3ccc(OC(C)C)c(OC)c3)CC21. The fourth-order valence-electron chi connectivity index (χ4n) is 6.90. The summed E-state index contributed by atoms with van der Waals surface area (Å²) in [6, 6.07) is 5.07. The normalized spacial score (nSPS) is 19.5. The van der Waals surface area contributed by atoms with E-state index in [4.69, 9.17) is 9.47 Å². The molecule has 3 atom stereocenters. The molecule has 13 heteroatoms. The highest BCUT2D eigenvalue weighted by atomic mass is 16.5. The highest BCUT2D eigenvalue weighted by Gasteiger charge is 2.48. The third-order valence-electron chi connectivity index (χ3n) is 9.42. The van der Waals surface area contributed by atoms with Crippen molar-refractivity contribution in [2.75, 3.05) is 46.9 Å². The Morgan fingerprint density at radius 1 is 1.04 bits per heavy atom. The number of likely N-dealkylation sites (N-methyl/N-ethyl adjacent to an activating group) is 1. The number of likely N-dealkylation sites (tertiary alicyclic amines) is 2. The summed E-state index contributed by atoms with van der Waals surface area (Å²) in [6.07, 6.45) is 18.3. The Hall–Kier alpha value is -5.20. The number of nitrogens with zero attached hydrogens (tertiary/aromatic N) is 5. The summed E-state index contributed by atoms with van der Waals surface area (Å²) in [5.74, 6) is -1.14. The molecule has 4 amide bonds. The van der Waals surface area contributed by atoms with Gasteiger partial charge in [-0.05, 0) is 63.1 Å². The smallest absolute Gasteiger partial charge is 0.274 e. The van der Waals surface area contributed by atoms with Crippen LogP contribution in [0.25, 0.3) is 5.65 Å². The summed E-state index contributed by atoms with van der Waals surface area (Å²) in [5.41, 5.74) is 2.84. The number of aromatic nitrogens is 3. The Labute approximate surface area is 299 Å². The Morgan fingerprint density at radius 2 is 1.82 bits per heavy atom. The maximum atomic E-state index is 13.6. The molecular weight excluding hydrogens is 650 g/mol. The molecule has 3 unspecified atom stereocenters. The standard InChI is InChI=1S/C29H35N7O6.C9H14/c1-17(2)42-23-6-5-18(9-24(23)41-4)28(39)35-12-19-13-36(29(40)22-16-34-8-7-31-10-25(34)33-22)15-21(20(19)14-35)27(38)32-11-26(37)30-3;1-2-6-9-7-4-3-5-8-9/h5-10,16-17,19-21H,11-15H2,1-4H3,(H,30,37)(H,32,38);3-4,7H,2,5-6,8H2,1H3. The van der Waals surface area contributed by atoms with Gasteiger partial charge in [0.1, 0.15) is 5.69 Å². The summed E-state index contributed by atoms with van der Waals surface area (Å²) in [4.78, 5) is 64.2. The minimum atomic E-state index is -0.620. The van der Waals surface area contributed by atoms with E-state index in [-0.39, 0.29) is 60.4 Å². The lowest BCUT2D eigenvalue weighted by molar-refractivity contribution is -0.131. The van der Waals surface area contributed by atoms with Gasteiger partial charge in [-0.1, -0.05) is 37.1 Å². The van der Waals surface area contributed by atoms with Crippen LogP contribution in [0.15, 0.2) is 66.8 Å². The van der Waals surface area contributed by atoms with Crippen molar-refractivity contribution in [3.63, 3.8) is 0 Å². The van der Waals surface area contributed by atoms with Crippen molar-refractivity contribution in [3.8, 4) is 11.5 Å². The van der Waals surface area contributed by atoms with Crippen LogP contribution in [0.1, 0.15) is 67.3 Å². The fourth-order valence-corrected chi connectivity index (χ4v) is 6.90. The van der Waals surface area contributed by atoms with E-state index in [0.717, 1.165) is 0 Å². The molecule has 1 aromatic carbocycles. The van der Waals surface area contributed by atoms with Gasteiger partial charge in [0.15, 0.2) is 17.1 Å². The molecule has 2 aromatic heterocycles. The number of rotatable bonds is 10. The molecule has 13 nitrogen and oxygen atoms in total. The zero-order chi connectivity index (χ0) is 36.5. The van der Waals surface area contributed by atoms with Crippen LogP contribution in [0.5, 0.6) is 11.5 Å². The monoisotopic (exact) mass is 699 g/mol. The Bertz CT molecular complexity index is 1750. The average molecular weight is 700 g/mol. The summed E-state index contributed by atoms with van der Waals surface area (Å²) in [5, 5.41) is 5.19. The molecule has 51 heavy (non-hydrogen) atoms. The molecule has 4 heterocycles. The van der Waals surface area contributed by atoms with Crippen molar-refractivity contribution in [1.29, 1.82) is 0 Å². The van der Waals surface area contributed by atoms with E-state index in [2.05, 4.69) is 45.8 Å². The Morgan fingerprint density at radius 3 is 2.49 bits per heavy atom. The minimum absolute atomic E-state index is 0.0588. The third kappa shape index (κ3) is 9.13. The van der Waals surface area contributed by atoms with E-state index in [1.165, 1.54) is 39.8 Å². The van der Waals surface area contributed by atoms with Gasteiger partial charge in [0.2, 0.25) is 11.8 Å². The van der Waals surface area contributed by atoms with E-state index in [1.807, 2.05) is 13.8 Å². The summed E-state index contributed by atoms with van der Waals surface area (Å²) >= 11 is 0. The van der Waals surface area contributed by atoms with Gasteiger partial charge in [-0.25, -0.2) is 4.98 Å². The number of methoxy groups -OCH3 is 1. The maximum absolute atomic E-state index is 13.6. The molecule has 3 aromatic rings. The van der Waals surface area contributed by atoms with Gasteiger partial charge in [0.05, 0.1) is 31.9 Å². The first kappa shape index (κ1) is 37.1. The molecule has 0 saturated carbocycles. The highest BCUT2D eigenvalue weighted by molar-refractivity contribution is 5.96. The zero-order valence-electron chi connectivity index (χ0n) is 30.1. The molecule has 0 bridgehead atoms. The van der Waals surface area contributed by atoms with Crippen molar-refractivity contribution in [2.24, 2.45) is 17.8 Å². The van der Waals surface area contributed by atoms with Crippen LogP contribution in [0.3, 0.4) is 0 Å². The Balaban J connectivity index is 0.000000488. The van der Waals surface area contributed by atoms with E-state index < -0.39 is 5.92 Å². The lowest BCUT2D eigenvalue weighted by Crippen LogP contribution is -2.53. The predicted molar refractivity (Wildman–Crippen MR) is 192 cm³/mol. The lowest BCUT2D eigenvalue weighted by Gasteiger charge is -2.39. The van der Waals surface area contributed by atoms with Gasteiger partial charge in [0, 0.05) is 57.4 Å². The molecule has 2 aliphatic heterocycles. The molecule has 0 radical (unpaired) electrons.